The van der Waals surface area contributed by atoms with Gasteiger partial charge in [-0.15, -0.1) is 0 Å². The molecule has 0 bridgehead atoms. The van der Waals surface area contributed by atoms with Crippen LogP contribution in [0.2, 0.25) is 0 Å². The van der Waals surface area contributed by atoms with E-state index < -0.39 is 11.9 Å². The van der Waals surface area contributed by atoms with Gasteiger partial charge >= 0.3 is 16.8 Å². The smallest absolute Gasteiger partial charge is 0.550 e. The summed E-state index contributed by atoms with van der Waals surface area (Å²) >= 11 is 0. The third-order valence-electron chi connectivity index (χ3n) is 6.10. The standard InChI is InChI=1S/C26H34N2O2.2C2H4O2.Co/c1-5-19-11-17(3)25(29)21(13-19)15-27-23-9-7-8-10-24(23)28-16-22-14-20(6-2)12-18(4)26(22)30;2*1-2(3)4;/h11-16,23-24,29-30H,5-10H2,1-4H3;2*1H3,(H,3,4);/q;;;+2/p-2. The Morgan fingerprint density at radius 3 is 1.38 bits per heavy atom. The number of hydrogen-bond donors (Lipinski definition) is 2. The van der Waals surface area contributed by atoms with Crippen molar-refractivity contribution in [1.82, 2.24) is 0 Å². The predicted molar refractivity (Wildman–Crippen MR) is 147 cm³/mol. The van der Waals surface area contributed by atoms with Crippen LogP contribution < -0.4 is 10.2 Å². The van der Waals surface area contributed by atoms with E-state index in [-0.39, 0.29) is 28.9 Å². The molecule has 0 aliphatic heterocycles. The van der Waals surface area contributed by atoms with Crippen LogP contribution in [0.5, 0.6) is 11.5 Å². The van der Waals surface area contributed by atoms with Crippen LogP contribution >= 0.6 is 0 Å². The molecule has 0 heterocycles. The molecule has 1 aliphatic rings. The number of aromatic hydroxyl groups is 2. The first-order chi connectivity index (χ1) is 17.9. The summed E-state index contributed by atoms with van der Waals surface area (Å²) in [6, 6.07) is 8.28. The maximum atomic E-state index is 10.4. The summed E-state index contributed by atoms with van der Waals surface area (Å²) in [6.45, 7) is 10.0. The quantitative estimate of drug-likeness (QED) is 0.500. The second-order valence-corrected chi connectivity index (χ2v) is 9.37. The molecule has 9 heteroatoms. The molecule has 2 unspecified atom stereocenters. The molecule has 8 nitrogen and oxygen atoms in total. The van der Waals surface area contributed by atoms with Gasteiger partial charge in [0.25, 0.3) is 0 Å². The van der Waals surface area contributed by atoms with Crippen molar-refractivity contribution in [2.24, 2.45) is 9.98 Å². The zero-order chi connectivity index (χ0) is 28.8. The molecular formula is C30H40CoN2O6. The number of aliphatic imine (C=N–C) groups is 2. The van der Waals surface area contributed by atoms with Crippen molar-refractivity contribution >= 4 is 24.4 Å². The summed E-state index contributed by atoms with van der Waals surface area (Å²) in [5.41, 5.74) is 5.73. The SMILES string of the molecule is CC(=O)[O-].CC(=O)[O-].CCc1cc(C)c(O)c(C=NC2CCCCC2N=Cc2cc(CC)cc(C)c2O)c1.[Co+2]. The Labute approximate surface area is 242 Å². The number of aryl methyl sites for hydroxylation is 4. The van der Waals surface area contributed by atoms with Gasteiger partial charge in [0, 0.05) is 35.5 Å². The first kappa shape index (κ1) is 35.8. The maximum absolute atomic E-state index is 10.4. The Morgan fingerprint density at radius 2 is 1.10 bits per heavy atom. The average molecular weight is 584 g/mol. The van der Waals surface area contributed by atoms with Crippen LogP contribution in [0.3, 0.4) is 0 Å². The Hall–Kier alpha value is -3.17. The van der Waals surface area contributed by atoms with E-state index in [1.165, 1.54) is 11.1 Å². The topological polar surface area (TPSA) is 145 Å². The number of carbonyl (C=O) groups is 2. The van der Waals surface area contributed by atoms with Gasteiger partial charge in [-0.3, -0.25) is 9.98 Å². The van der Waals surface area contributed by atoms with Gasteiger partial charge in [-0.2, -0.15) is 0 Å². The molecular weight excluding hydrogens is 543 g/mol. The predicted octanol–water partition coefficient (Wildman–Crippen LogP) is 3.20. The second kappa shape index (κ2) is 18.2. The van der Waals surface area contributed by atoms with Crippen LogP contribution in [0.15, 0.2) is 34.3 Å². The number of carboxylic acids is 2. The van der Waals surface area contributed by atoms with Crippen molar-refractivity contribution in [3.63, 3.8) is 0 Å². The number of benzene rings is 2. The number of carboxylic acid groups (broad SMARTS) is 2. The van der Waals surface area contributed by atoms with E-state index in [9.17, 15) is 10.2 Å². The van der Waals surface area contributed by atoms with Gasteiger partial charge in [0.05, 0.1) is 12.1 Å². The minimum atomic E-state index is -1.08. The molecule has 0 amide bonds. The number of phenols is 2. The van der Waals surface area contributed by atoms with Gasteiger partial charge in [-0.25, -0.2) is 0 Å². The van der Waals surface area contributed by atoms with Crippen molar-refractivity contribution in [1.29, 1.82) is 0 Å². The third kappa shape index (κ3) is 13.0. The third-order valence-corrected chi connectivity index (χ3v) is 6.10. The fourth-order valence-corrected chi connectivity index (χ4v) is 4.16. The van der Waals surface area contributed by atoms with Gasteiger partial charge in [-0.1, -0.05) is 38.8 Å². The van der Waals surface area contributed by atoms with E-state index in [0.717, 1.165) is 74.6 Å². The number of nitrogens with zero attached hydrogens (tertiary/aromatic N) is 2. The summed E-state index contributed by atoms with van der Waals surface area (Å²) < 4.78 is 0. The number of hydrogen-bond acceptors (Lipinski definition) is 8. The first-order valence-electron chi connectivity index (χ1n) is 13.0. The number of rotatable bonds is 6. The fourth-order valence-electron chi connectivity index (χ4n) is 4.16. The van der Waals surface area contributed by atoms with E-state index in [2.05, 4.69) is 13.8 Å². The van der Waals surface area contributed by atoms with Crippen molar-refractivity contribution in [2.75, 3.05) is 0 Å². The minimum absolute atomic E-state index is 0. The van der Waals surface area contributed by atoms with E-state index in [1.807, 2.05) is 50.5 Å². The molecule has 2 N–H and O–H groups in total. The zero-order valence-corrected chi connectivity index (χ0v) is 24.7. The van der Waals surface area contributed by atoms with Crippen LogP contribution in [0, 0.1) is 13.8 Å². The molecule has 3 rings (SSSR count). The van der Waals surface area contributed by atoms with Gasteiger partial charge in [0.1, 0.15) is 11.5 Å². The largest absolute Gasteiger partial charge is 2.00 e. The maximum Gasteiger partial charge on any atom is 2.00 e. The van der Waals surface area contributed by atoms with Crippen molar-refractivity contribution in [2.45, 2.75) is 92.2 Å². The van der Waals surface area contributed by atoms with Gasteiger partial charge in [0.15, 0.2) is 0 Å². The van der Waals surface area contributed by atoms with Crippen LogP contribution in [0.25, 0.3) is 0 Å². The normalized spacial score (nSPS) is 16.5. The Bertz CT molecular complexity index is 1050. The molecule has 2 aromatic carbocycles. The van der Waals surface area contributed by atoms with E-state index in [4.69, 9.17) is 29.8 Å². The summed E-state index contributed by atoms with van der Waals surface area (Å²) in [7, 11) is 0. The molecule has 215 valence electrons. The van der Waals surface area contributed by atoms with Crippen LogP contribution in [0.4, 0.5) is 0 Å². The molecule has 1 radical (unpaired) electrons. The zero-order valence-electron chi connectivity index (χ0n) is 23.6. The van der Waals surface area contributed by atoms with E-state index >= 15 is 0 Å². The molecule has 0 saturated heterocycles. The monoisotopic (exact) mass is 583 g/mol. The van der Waals surface area contributed by atoms with Crippen molar-refractivity contribution in [3.05, 3.63) is 57.6 Å². The Balaban J connectivity index is 0.00000142. The first-order valence-corrected chi connectivity index (χ1v) is 13.0. The number of phenolic OH excluding ortho intramolecular Hbond substituents is 2. The molecule has 1 saturated carbocycles. The fraction of sp³-hybridized carbons (Fsp3) is 0.467. The Morgan fingerprint density at radius 1 is 0.795 bits per heavy atom. The van der Waals surface area contributed by atoms with Gasteiger partial charge in [0.2, 0.25) is 0 Å². The summed E-state index contributed by atoms with van der Waals surface area (Å²) in [5.74, 6) is -1.55. The molecule has 2 aromatic rings. The molecule has 1 fully saturated rings. The molecule has 39 heavy (non-hydrogen) atoms. The van der Waals surface area contributed by atoms with Gasteiger partial charge in [-0.05, 0) is 87.8 Å². The van der Waals surface area contributed by atoms with Crippen molar-refractivity contribution < 1.29 is 46.8 Å². The van der Waals surface area contributed by atoms with Crippen LogP contribution in [0.1, 0.15) is 86.8 Å². The molecule has 0 aromatic heterocycles. The molecule has 0 spiro atoms. The number of carbonyl (C=O) groups excluding carboxylic acids is 2. The Kier molecular flexibility index (Phi) is 16.7. The average Bonchev–Trinajstić information content (AvgIpc) is 2.85. The minimum Gasteiger partial charge on any atom is -0.550 e. The van der Waals surface area contributed by atoms with Crippen LogP contribution in [-0.4, -0.2) is 46.7 Å². The number of aliphatic carboxylic acids is 2. The molecule has 1 aliphatic carbocycles. The van der Waals surface area contributed by atoms with E-state index in [0.29, 0.717) is 11.5 Å². The van der Waals surface area contributed by atoms with Crippen molar-refractivity contribution in [3.8, 4) is 11.5 Å². The summed E-state index contributed by atoms with van der Waals surface area (Å²) in [4.78, 5) is 27.5. The van der Waals surface area contributed by atoms with E-state index in [1.54, 1.807) is 0 Å². The van der Waals surface area contributed by atoms with Crippen LogP contribution in [-0.2, 0) is 39.2 Å². The molecule has 2 atom stereocenters. The van der Waals surface area contributed by atoms with Gasteiger partial charge < -0.3 is 30.0 Å². The second-order valence-electron chi connectivity index (χ2n) is 9.37. The summed E-state index contributed by atoms with van der Waals surface area (Å²) in [5, 5.41) is 38.6. The summed E-state index contributed by atoms with van der Waals surface area (Å²) in [6.07, 6.45) is 9.76.